The van der Waals surface area contributed by atoms with Crippen LogP contribution in [0, 0.1) is 5.82 Å². The summed E-state index contributed by atoms with van der Waals surface area (Å²) in [6.07, 6.45) is -1.27. The van der Waals surface area contributed by atoms with Crippen LogP contribution in [0.2, 0.25) is 5.02 Å². The van der Waals surface area contributed by atoms with Gasteiger partial charge in [-0.3, -0.25) is 9.59 Å². The van der Waals surface area contributed by atoms with Crippen LogP contribution in [0.1, 0.15) is 22.8 Å². The van der Waals surface area contributed by atoms with Gasteiger partial charge in [0.15, 0.2) is 6.10 Å². The molecule has 1 atom stereocenters. The van der Waals surface area contributed by atoms with Gasteiger partial charge in [-0.1, -0.05) is 48.0 Å². The zero-order chi connectivity index (χ0) is 16.1. The average Bonchev–Trinajstić information content (AvgIpc) is 2.51. The first-order valence-electron chi connectivity index (χ1n) is 6.70. The summed E-state index contributed by atoms with van der Waals surface area (Å²) in [6, 6.07) is 12.7. The van der Waals surface area contributed by atoms with Gasteiger partial charge in [-0.05, 0) is 19.1 Å². The third kappa shape index (κ3) is 3.92. The molecule has 22 heavy (non-hydrogen) atoms. The van der Waals surface area contributed by atoms with Crippen LogP contribution in [0.4, 0.5) is 4.39 Å². The number of carbonyl (C=O) groups excluding carboxylic acids is 2. The lowest BCUT2D eigenvalue weighted by Crippen LogP contribution is -2.25. The Bertz CT molecular complexity index is 665. The fourth-order valence-corrected chi connectivity index (χ4v) is 2.20. The summed E-state index contributed by atoms with van der Waals surface area (Å²) in [4.78, 5) is 24.0. The predicted octanol–water partition coefficient (Wildman–Crippen LogP) is 3.84. The lowest BCUT2D eigenvalue weighted by Gasteiger charge is -2.13. The van der Waals surface area contributed by atoms with E-state index in [0.717, 1.165) is 0 Å². The molecule has 0 heterocycles. The molecule has 0 saturated carbocycles. The van der Waals surface area contributed by atoms with E-state index in [9.17, 15) is 14.0 Å². The summed E-state index contributed by atoms with van der Waals surface area (Å²) in [5.74, 6) is -1.59. The summed E-state index contributed by atoms with van der Waals surface area (Å²) >= 11 is 5.85. The van der Waals surface area contributed by atoms with Crippen molar-refractivity contribution in [3.8, 4) is 0 Å². The zero-order valence-corrected chi connectivity index (χ0v) is 12.6. The highest BCUT2D eigenvalue weighted by molar-refractivity contribution is 6.31. The second-order valence-electron chi connectivity index (χ2n) is 4.74. The summed E-state index contributed by atoms with van der Waals surface area (Å²) < 4.78 is 18.7. The predicted molar refractivity (Wildman–Crippen MR) is 81.4 cm³/mol. The first-order chi connectivity index (χ1) is 10.5. The van der Waals surface area contributed by atoms with Gasteiger partial charge in [0.1, 0.15) is 5.82 Å². The number of ketones is 1. The Kier molecular flexibility index (Phi) is 5.28. The molecule has 0 aliphatic heterocycles. The van der Waals surface area contributed by atoms with Crippen LogP contribution >= 0.6 is 11.6 Å². The topological polar surface area (TPSA) is 43.4 Å². The van der Waals surface area contributed by atoms with Crippen LogP contribution in [0.25, 0.3) is 0 Å². The van der Waals surface area contributed by atoms with E-state index in [1.54, 1.807) is 30.3 Å². The normalized spacial score (nSPS) is 11.8. The largest absolute Gasteiger partial charge is 0.454 e. The van der Waals surface area contributed by atoms with Gasteiger partial charge in [-0.25, -0.2) is 4.39 Å². The van der Waals surface area contributed by atoms with Crippen LogP contribution in [0.15, 0.2) is 48.5 Å². The monoisotopic (exact) mass is 320 g/mol. The quantitative estimate of drug-likeness (QED) is 0.621. The van der Waals surface area contributed by atoms with Gasteiger partial charge < -0.3 is 4.74 Å². The van der Waals surface area contributed by atoms with E-state index >= 15 is 0 Å². The van der Waals surface area contributed by atoms with Crippen molar-refractivity contribution < 1.29 is 18.7 Å². The average molecular weight is 321 g/mol. The Hall–Kier alpha value is -2.20. The Morgan fingerprint density at radius 2 is 1.82 bits per heavy atom. The molecule has 0 radical (unpaired) electrons. The smallest absolute Gasteiger partial charge is 0.311 e. The molecule has 0 aliphatic carbocycles. The van der Waals surface area contributed by atoms with Gasteiger partial charge in [0.05, 0.1) is 6.42 Å². The van der Waals surface area contributed by atoms with Crippen molar-refractivity contribution in [1.29, 1.82) is 0 Å². The molecule has 0 fully saturated rings. The molecule has 0 amide bonds. The van der Waals surface area contributed by atoms with Crippen molar-refractivity contribution in [2.45, 2.75) is 19.4 Å². The summed E-state index contributed by atoms with van der Waals surface area (Å²) in [5, 5.41) is 0.152. The van der Waals surface area contributed by atoms with Gasteiger partial charge in [-0.15, -0.1) is 0 Å². The maximum Gasteiger partial charge on any atom is 0.311 e. The van der Waals surface area contributed by atoms with Crippen molar-refractivity contribution in [1.82, 2.24) is 0 Å². The number of carbonyl (C=O) groups is 2. The molecular formula is C17H14ClFO3. The molecule has 0 bridgehead atoms. The van der Waals surface area contributed by atoms with Gasteiger partial charge in [0, 0.05) is 16.1 Å². The van der Waals surface area contributed by atoms with E-state index in [1.165, 1.54) is 25.1 Å². The fraction of sp³-hybridized carbons (Fsp3) is 0.176. The van der Waals surface area contributed by atoms with Crippen LogP contribution in [0.5, 0.6) is 0 Å². The highest BCUT2D eigenvalue weighted by Gasteiger charge is 2.21. The van der Waals surface area contributed by atoms with E-state index in [0.29, 0.717) is 5.56 Å². The van der Waals surface area contributed by atoms with Crippen LogP contribution < -0.4 is 0 Å². The third-order valence-electron chi connectivity index (χ3n) is 3.12. The second-order valence-corrected chi connectivity index (χ2v) is 5.15. The molecule has 0 aromatic heterocycles. The van der Waals surface area contributed by atoms with Crippen LogP contribution in [-0.2, 0) is 16.0 Å². The Balaban J connectivity index is 2.01. The molecule has 0 N–H and O–H groups in total. The lowest BCUT2D eigenvalue weighted by atomic mass is 10.1. The Morgan fingerprint density at radius 3 is 2.45 bits per heavy atom. The van der Waals surface area contributed by atoms with Gasteiger partial charge in [-0.2, -0.15) is 0 Å². The van der Waals surface area contributed by atoms with Crippen LogP contribution in [0.3, 0.4) is 0 Å². The number of ether oxygens (including phenoxy) is 1. The van der Waals surface area contributed by atoms with E-state index < -0.39 is 17.9 Å². The molecule has 2 aromatic rings. The first kappa shape index (κ1) is 16.2. The molecule has 2 aromatic carbocycles. The van der Waals surface area contributed by atoms with Crippen LogP contribution in [-0.4, -0.2) is 17.9 Å². The summed E-state index contributed by atoms with van der Waals surface area (Å²) in [7, 11) is 0. The number of halogens is 2. The third-order valence-corrected chi connectivity index (χ3v) is 3.47. The number of hydrogen-bond donors (Lipinski definition) is 0. The highest BCUT2D eigenvalue weighted by atomic mass is 35.5. The minimum absolute atomic E-state index is 0.0635. The van der Waals surface area contributed by atoms with Gasteiger partial charge >= 0.3 is 5.97 Å². The minimum atomic E-state index is -0.944. The zero-order valence-electron chi connectivity index (χ0n) is 11.9. The molecule has 0 saturated heterocycles. The number of rotatable bonds is 5. The van der Waals surface area contributed by atoms with E-state index in [4.69, 9.17) is 16.3 Å². The highest BCUT2D eigenvalue weighted by Crippen LogP contribution is 2.20. The van der Waals surface area contributed by atoms with Crippen molar-refractivity contribution >= 4 is 23.4 Å². The second kappa shape index (κ2) is 7.18. The molecule has 5 heteroatoms. The standard InChI is InChI=1S/C17H14ClFO3/c1-11(17(21)12-6-3-2-4-7-12)22-16(20)10-13-14(18)8-5-9-15(13)19/h2-9,11H,10H2,1H3. The lowest BCUT2D eigenvalue weighted by molar-refractivity contribution is -0.145. The Morgan fingerprint density at radius 1 is 1.14 bits per heavy atom. The molecule has 0 spiro atoms. The SMILES string of the molecule is CC(OC(=O)Cc1c(F)cccc1Cl)C(=O)c1ccccc1. The molecule has 3 nitrogen and oxygen atoms in total. The molecule has 0 aliphatic rings. The molecular weight excluding hydrogens is 307 g/mol. The maximum atomic E-state index is 13.6. The van der Waals surface area contributed by atoms with Crippen molar-refractivity contribution in [2.75, 3.05) is 0 Å². The summed E-state index contributed by atoms with van der Waals surface area (Å²) in [6.45, 7) is 1.48. The van der Waals surface area contributed by atoms with E-state index in [2.05, 4.69) is 0 Å². The van der Waals surface area contributed by atoms with Crippen molar-refractivity contribution in [3.05, 3.63) is 70.5 Å². The van der Waals surface area contributed by atoms with Gasteiger partial charge in [0.25, 0.3) is 0 Å². The van der Waals surface area contributed by atoms with Crippen molar-refractivity contribution in [3.63, 3.8) is 0 Å². The molecule has 2 rings (SSSR count). The van der Waals surface area contributed by atoms with E-state index in [-0.39, 0.29) is 22.8 Å². The molecule has 1 unspecified atom stereocenters. The number of benzene rings is 2. The first-order valence-corrected chi connectivity index (χ1v) is 7.08. The fourth-order valence-electron chi connectivity index (χ4n) is 1.98. The number of Topliss-reactive ketones (excluding diaryl/α,β-unsaturated/α-hetero) is 1. The Labute approximate surface area is 132 Å². The van der Waals surface area contributed by atoms with Gasteiger partial charge in [0.2, 0.25) is 5.78 Å². The molecule has 114 valence electrons. The maximum absolute atomic E-state index is 13.6. The van der Waals surface area contributed by atoms with Crippen molar-refractivity contribution in [2.24, 2.45) is 0 Å². The number of hydrogen-bond acceptors (Lipinski definition) is 3. The summed E-state index contributed by atoms with van der Waals surface area (Å²) in [5.41, 5.74) is 0.514. The number of esters is 1. The minimum Gasteiger partial charge on any atom is -0.454 e. The van der Waals surface area contributed by atoms with E-state index in [1.807, 2.05) is 0 Å².